The highest BCUT2D eigenvalue weighted by Crippen LogP contribution is 2.35. The normalized spacial score (nSPS) is 15.3. The zero-order valence-corrected chi connectivity index (χ0v) is 26.6. The van der Waals surface area contributed by atoms with E-state index in [2.05, 4.69) is 70.7 Å². The summed E-state index contributed by atoms with van der Waals surface area (Å²) in [6.07, 6.45) is 5.34. The number of nitrogens with zero attached hydrogens (tertiary/aromatic N) is 4. The molecular formula is C30H42Cl4N6. The number of rotatable bonds is 8. The molecule has 2 N–H and O–H groups in total. The summed E-state index contributed by atoms with van der Waals surface area (Å²) >= 11 is 0. The zero-order valence-electron chi connectivity index (χ0n) is 23.4. The molecule has 2 aliphatic rings. The molecule has 2 aliphatic heterocycles. The molecule has 2 aromatic heterocycles. The van der Waals surface area contributed by atoms with Crippen LogP contribution in [0.2, 0.25) is 0 Å². The first-order valence-electron chi connectivity index (χ1n) is 13.7. The Labute approximate surface area is 262 Å². The molecule has 0 spiro atoms. The van der Waals surface area contributed by atoms with Gasteiger partial charge in [0.15, 0.2) is 0 Å². The molecule has 2 saturated heterocycles. The minimum absolute atomic E-state index is 0. The van der Waals surface area contributed by atoms with Crippen molar-refractivity contribution < 1.29 is 0 Å². The molecule has 2 fully saturated rings. The minimum Gasteiger partial charge on any atom is -0.383 e. The highest BCUT2D eigenvalue weighted by molar-refractivity contribution is 6.18. The lowest BCUT2D eigenvalue weighted by atomic mass is 10.0. The van der Waals surface area contributed by atoms with Gasteiger partial charge in [0, 0.05) is 70.5 Å². The maximum absolute atomic E-state index is 5.00. The Balaban J connectivity index is 0.00000140. The van der Waals surface area contributed by atoms with Crippen LogP contribution >= 0.6 is 49.6 Å². The maximum atomic E-state index is 5.00. The molecule has 220 valence electrons. The highest BCUT2D eigenvalue weighted by Gasteiger charge is 2.15. The van der Waals surface area contributed by atoms with Gasteiger partial charge in [0.05, 0.1) is 11.0 Å². The van der Waals surface area contributed by atoms with E-state index >= 15 is 0 Å². The highest BCUT2D eigenvalue weighted by atomic mass is 35.5. The van der Waals surface area contributed by atoms with Crippen LogP contribution in [0.15, 0.2) is 36.4 Å². The molecule has 0 atom stereocenters. The lowest BCUT2D eigenvalue weighted by Gasteiger charge is -2.18. The first-order chi connectivity index (χ1) is 17.7. The lowest BCUT2D eigenvalue weighted by molar-refractivity contribution is 0.353. The van der Waals surface area contributed by atoms with Crippen LogP contribution < -0.4 is 10.6 Å². The Kier molecular flexibility index (Phi) is 13.3. The van der Waals surface area contributed by atoms with Crippen molar-refractivity contribution in [3.63, 3.8) is 0 Å². The second-order valence-electron chi connectivity index (χ2n) is 10.6. The summed E-state index contributed by atoms with van der Waals surface area (Å²) in [7, 11) is 0. The fourth-order valence-corrected chi connectivity index (χ4v) is 6.04. The predicted octanol–water partition coefficient (Wildman–Crippen LogP) is 7.26. The predicted molar refractivity (Wildman–Crippen MR) is 181 cm³/mol. The van der Waals surface area contributed by atoms with Crippen LogP contribution in [0.5, 0.6) is 0 Å². The molecule has 0 unspecified atom stereocenters. The van der Waals surface area contributed by atoms with Gasteiger partial charge in [0.25, 0.3) is 0 Å². The maximum Gasteiger partial charge on any atom is 0.0805 e. The summed E-state index contributed by atoms with van der Waals surface area (Å²) < 4.78 is 0. The standard InChI is InChI=1S/C30H38N6.4ClH/c1-21-19-27(31-11-17-35-13-3-4-14-35)25-9-8-24-23(29(25)33-21)7-10-26-28(20-22(2)34-30(24)26)32-12-18-36-15-5-6-16-36;;;;/h7-10,19-20H,3-6,11-18H2,1-2H3,(H,31,33)(H,32,34);4*1H. The van der Waals surface area contributed by atoms with E-state index in [4.69, 9.17) is 9.97 Å². The number of hydrogen-bond donors (Lipinski definition) is 2. The zero-order chi connectivity index (χ0) is 24.5. The topological polar surface area (TPSA) is 56.3 Å². The van der Waals surface area contributed by atoms with E-state index in [1.54, 1.807) is 0 Å². The van der Waals surface area contributed by atoms with Crippen LogP contribution in [0, 0.1) is 13.8 Å². The third-order valence-electron chi connectivity index (χ3n) is 7.89. The minimum atomic E-state index is 0. The Hall–Kier alpha value is -1.80. The van der Waals surface area contributed by atoms with Crippen LogP contribution in [-0.2, 0) is 0 Å². The number of hydrogen-bond acceptors (Lipinski definition) is 6. The van der Waals surface area contributed by atoms with E-state index in [0.29, 0.717) is 0 Å². The molecule has 4 heterocycles. The van der Waals surface area contributed by atoms with E-state index in [9.17, 15) is 0 Å². The average Bonchev–Trinajstić information content (AvgIpc) is 3.58. The second kappa shape index (κ2) is 15.4. The molecule has 0 saturated carbocycles. The van der Waals surface area contributed by atoms with Crippen molar-refractivity contribution in [3.05, 3.63) is 47.8 Å². The van der Waals surface area contributed by atoms with Gasteiger partial charge in [-0.1, -0.05) is 24.3 Å². The van der Waals surface area contributed by atoms with Gasteiger partial charge >= 0.3 is 0 Å². The quantitative estimate of drug-likeness (QED) is 0.201. The molecule has 6 rings (SSSR count). The van der Waals surface area contributed by atoms with Gasteiger partial charge in [-0.15, -0.1) is 49.6 Å². The van der Waals surface area contributed by atoms with E-state index in [0.717, 1.165) is 48.6 Å². The number of likely N-dealkylation sites (tertiary alicyclic amines) is 2. The molecule has 40 heavy (non-hydrogen) atoms. The summed E-state index contributed by atoms with van der Waals surface area (Å²) in [5, 5.41) is 12.1. The number of benzene rings is 2. The molecule has 0 amide bonds. The fourth-order valence-electron chi connectivity index (χ4n) is 6.04. The number of anilines is 2. The van der Waals surface area contributed by atoms with Crippen LogP contribution in [0.3, 0.4) is 0 Å². The largest absolute Gasteiger partial charge is 0.383 e. The fraction of sp³-hybridized carbons (Fsp3) is 0.467. The summed E-state index contributed by atoms with van der Waals surface area (Å²) in [6, 6.07) is 13.3. The summed E-state index contributed by atoms with van der Waals surface area (Å²) in [5.74, 6) is 0. The average molecular weight is 629 g/mol. The number of nitrogens with one attached hydrogen (secondary N) is 2. The molecule has 0 aliphatic carbocycles. The van der Waals surface area contributed by atoms with Gasteiger partial charge in [-0.3, -0.25) is 9.97 Å². The second-order valence-corrected chi connectivity index (χ2v) is 10.6. The number of aryl methyl sites for hydroxylation is 2. The van der Waals surface area contributed by atoms with Gasteiger partial charge in [-0.2, -0.15) is 0 Å². The van der Waals surface area contributed by atoms with Crippen LogP contribution in [0.1, 0.15) is 37.1 Å². The van der Waals surface area contributed by atoms with Crippen LogP contribution in [0.4, 0.5) is 11.4 Å². The molecular weight excluding hydrogens is 586 g/mol. The first-order valence-corrected chi connectivity index (χ1v) is 13.7. The van der Waals surface area contributed by atoms with Crippen LogP contribution in [0.25, 0.3) is 32.6 Å². The van der Waals surface area contributed by atoms with E-state index in [1.165, 1.54) is 84.8 Å². The third kappa shape index (κ3) is 7.33. The van der Waals surface area contributed by atoms with Gasteiger partial charge in [0.1, 0.15) is 0 Å². The Morgan fingerprint density at radius 2 is 0.925 bits per heavy atom. The van der Waals surface area contributed by atoms with Crippen molar-refractivity contribution in [2.75, 3.05) is 63.0 Å². The van der Waals surface area contributed by atoms with Crippen LogP contribution in [-0.4, -0.2) is 72.1 Å². The molecule has 10 heteroatoms. The first kappa shape index (κ1) is 34.4. The Morgan fingerprint density at radius 3 is 1.30 bits per heavy atom. The summed E-state index contributed by atoms with van der Waals surface area (Å²) in [4.78, 5) is 15.1. The van der Waals surface area contributed by atoms with E-state index < -0.39 is 0 Å². The van der Waals surface area contributed by atoms with Crippen molar-refractivity contribution in [3.8, 4) is 0 Å². The van der Waals surface area contributed by atoms with Gasteiger partial charge in [-0.25, -0.2) is 0 Å². The summed E-state index contributed by atoms with van der Waals surface area (Å²) in [5.41, 5.74) is 6.57. The summed E-state index contributed by atoms with van der Waals surface area (Å²) in [6.45, 7) is 13.2. The smallest absolute Gasteiger partial charge is 0.0805 e. The number of halogens is 4. The van der Waals surface area contributed by atoms with Gasteiger partial charge in [0.2, 0.25) is 0 Å². The molecule has 0 radical (unpaired) electrons. The van der Waals surface area contributed by atoms with E-state index in [1.807, 2.05) is 0 Å². The Bertz CT molecular complexity index is 1300. The van der Waals surface area contributed by atoms with Crippen molar-refractivity contribution >= 4 is 93.6 Å². The number of fused-ring (bicyclic) bond motifs is 5. The number of aromatic nitrogens is 2. The molecule has 0 bridgehead atoms. The van der Waals surface area contributed by atoms with Crippen molar-refractivity contribution in [1.82, 2.24) is 19.8 Å². The van der Waals surface area contributed by atoms with Gasteiger partial charge < -0.3 is 20.4 Å². The lowest BCUT2D eigenvalue weighted by Crippen LogP contribution is -2.26. The van der Waals surface area contributed by atoms with Crippen molar-refractivity contribution in [1.29, 1.82) is 0 Å². The molecule has 2 aromatic carbocycles. The molecule has 6 nitrogen and oxygen atoms in total. The third-order valence-corrected chi connectivity index (χ3v) is 7.89. The van der Waals surface area contributed by atoms with Gasteiger partial charge in [-0.05, 0) is 77.8 Å². The SMILES string of the molecule is Cc1cc(NCCN2CCCC2)c2ccc3c(ccc4c(NCCN5CCCC5)cc(C)nc43)c2n1.Cl.Cl.Cl.Cl. The Morgan fingerprint density at radius 1 is 0.575 bits per heavy atom. The monoisotopic (exact) mass is 626 g/mol. The number of pyridine rings is 2. The van der Waals surface area contributed by atoms with Crippen molar-refractivity contribution in [2.45, 2.75) is 39.5 Å². The van der Waals surface area contributed by atoms with E-state index in [-0.39, 0.29) is 49.6 Å². The van der Waals surface area contributed by atoms with Crippen molar-refractivity contribution in [2.24, 2.45) is 0 Å². The molecule has 4 aromatic rings.